The summed E-state index contributed by atoms with van der Waals surface area (Å²) in [5, 5.41) is 8.90. The van der Waals surface area contributed by atoms with E-state index in [1.807, 2.05) is 29.2 Å². The van der Waals surface area contributed by atoms with Crippen LogP contribution in [0, 0.1) is 11.8 Å². The molecule has 1 aromatic carbocycles. The molecule has 1 aromatic heterocycles. The van der Waals surface area contributed by atoms with Gasteiger partial charge in [-0.25, -0.2) is 4.68 Å². The van der Waals surface area contributed by atoms with E-state index in [-0.39, 0.29) is 5.91 Å². The normalized spacial score (nSPS) is 22.0. The highest BCUT2D eigenvalue weighted by Gasteiger charge is 2.32. The molecule has 2 atom stereocenters. The molecular weight excluding hydrogens is 374 g/mol. The van der Waals surface area contributed by atoms with Crippen LogP contribution in [0.25, 0.3) is 11.4 Å². The Bertz CT molecular complexity index is 823. The van der Waals surface area contributed by atoms with Crippen molar-refractivity contribution < 1.29 is 9.53 Å². The summed E-state index contributed by atoms with van der Waals surface area (Å²) < 4.78 is 6.63. The summed E-state index contributed by atoms with van der Waals surface area (Å²) in [6.45, 7) is 1.80. The molecule has 0 spiro atoms. The Balaban J connectivity index is 1.36. The van der Waals surface area contributed by atoms with Gasteiger partial charge in [-0.15, -0.1) is 10.2 Å². The predicted molar refractivity (Wildman–Crippen MR) is 110 cm³/mol. The number of hydrogen-bond donors (Lipinski definition) is 1. The monoisotopic (exact) mass is 401 g/mol. The number of ether oxygens (including phenoxy) is 1. The molecule has 0 unspecified atom stereocenters. The third-order valence-corrected chi connectivity index (χ3v) is 6.91. The number of fused-ring (bicyclic) bond motifs is 1. The Morgan fingerprint density at radius 1 is 1.18 bits per heavy atom. The molecule has 2 N–H and O–H groups in total. The fourth-order valence-corrected chi connectivity index (χ4v) is 5.12. The van der Waals surface area contributed by atoms with Crippen molar-refractivity contribution in [1.82, 2.24) is 19.8 Å². The molecule has 0 bridgehead atoms. The first-order chi connectivity index (χ1) is 13.7. The summed E-state index contributed by atoms with van der Waals surface area (Å²) in [5.74, 6) is 9.54. The third-order valence-electron chi connectivity index (χ3n) is 5.98. The van der Waals surface area contributed by atoms with Crippen molar-refractivity contribution in [1.29, 1.82) is 0 Å². The van der Waals surface area contributed by atoms with Crippen molar-refractivity contribution in [3.05, 3.63) is 24.3 Å². The maximum absolute atomic E-state index is 12.7. The molecule has 7 nitrogen and oxygen atoms in total. The summed E-state index contributed by atoms with van der Waals surface area (Å²) in [4.78, 5) is 14.7. The number of piperidine rings is 1. The maximum atomic E-state index is 12.7. The molecule has 8 heteroatoms. The smallest absolute Gasteiger partial charge is 0.233 e. The molecule has 2 aliphatic rings. The predicted octanol–water partition coefficient (Wildman–Crippen LogP) is 2.80. The Morgan fingerprint density at radius 2 is 1.93 bits per heavy atom. The molecule has 2 fully saturated rings. The van der Waals surface area contributed by atoms with Crippen LogP contribution in [-0.2, 0) is 4.79 Å². The van der Waals surface area contributed by atoms with E-state index < -0.39 is 0 Å². The topological polar surface area (TPSA) is 86.3 Å². The highest BCUT2D eigenvalue weighted by Crippen LogP contribution is 2.36. The van der Waals surface area contributed by atoms with Gasteiger partial charge >= 0.3 is 0 Å². The number of benzene rings is 1. The van der Waals surface area contributed by atoms with Crippen molar-refractivity contribution in [2.45, 2.75) is 37.3 Å². The summed E-state index contributed by atoms with van der Waals surface area (Å²) in [6.07, 6.45) is 6.42. The van der Waals surface area contributed by atoms with Crippen LogP contribution in [0.3, 0.4) is 0 Å². The zero-order valence-corrected chi connectivity index (χ0v) is 17.0. The molecule has 2 heterocycles. The molecule has 28 heavy (non-hydrogen) atoms. The summed E-state index contributed by atoms with van der Waals surface area (Å²) in [7, 11) is 1.63. The molecule has 2 aromatic rings. The molecule has 0 radical (unpaired) electrons. The lowest BCUT2D eigenvalue weighted by molar-refractivity contribution is -0.131. The molecule has 1 saturated carbocycles. The number of nitrogens with two attached hydrogens (primary N) is 1. The maximum Gasteiger partial charge on any atom is 0.233 e. The number of carbonyl (C=O) groups is 1. The van der Waals surface area contributed by atoms with Gasteiger partial charge in [0.05, 0.1) is 12.9 Å². The minimum absolute atomic E-state index is 0.169. The standard InChI is InChI=1S/C20H27N5O2S/c1-27-17-8-6-15(7-9-17)19-22-23-20(25(19)21)28-13-18(26)24-11-10-14-4-2-3-5-16(14)12-24/h6-9,14,16H,2-5,10-13,21H2,1H3/t14-,16+/m0/s1. The average molecular weight is 402 g/mol. The number of rotatable bonds is 5. The van der Waals surface area contributed by atoms with E-state index in [1.165, 1.54) is 42.1 Å². The Labute approximate surface area is 169 Å². The zero-order valence-electron chi connectivity index (χ0n) is 16.2. The summed E-state index contributed by atoms with van der Waals surface area (Å²) in [5.41, 5.74) is 0.855. The van der Waals surface area contributed by atoms with Crippen LogP contribution in [0.2, 0.25) is 0 Å². The molecule has 150 valence electrons. The van der Waals surface area contributed by atoms with Crippen molar-refractivity contribution >= 4 is 17.7 Å². The molecule has 1 aliphatic carbocycles. The van der Waals surface area contributed by atoms with Crippen molar-refractivity contribution in [2.24, 2.45) is 11.8 Å². The fourth-order valence-electron chi connectivity index (χ4n) is 4.36. The van der Waals surface area contributed by atoms with Crippen molar-refractivity contribution in [2.75, 3.05) is 31.8 Å². The second-order valence-corrected chi connectivity index (χ2v) is 8.57. The Hall–Kier alpha value is -2.22. The van der Waals surface area contributed by atoms with Gasteiger partial charge in [0.15, 0.2) is 5.82 Å². The van der Waals surface area contributed by atoms with Crippen LogP contribution in [0.5, 0.6) is 5.75 Å². The van der Waals surface area contributed by atoms with E-state index in [1.54, 1.807) is 7.11 Å². The number of nitrogen functional groups attached to an aromatic ring is 1. The largest absolute Gasteiger partial charge is 0.497 e. The van der Waals surface area contributed by atoms with Gasteiger partial charge in [0, 0.05) is 18.7 Å². The zero-order chi connectivity index (χ0) is 19.5. The third kappa shape index (κ3) is 3.97. The second kappa shape index (κ2) is 8.43. The van der Waals surface area contributed by atoms with Gasteiger partial charge in [-0.2, -0.15) is 0 Å². The van der Waals surface area contributed by atoms with E-state index in [9.17, 15) is 4.79 Å². The number of amides is 1. The molecular formula is C20H27N5O2S. The summed E-state index contributed by atoms with van der Waals surface area (Å²) >= 11 is 1.35. The number of nitrogens with zero attached hydrogens (tertiary/aromatic N) is 4. The molecule has 4 rings (SSSR count). The number of carbonyl (C=O) groups excluding carboxylic acids is 1. The van der Waals surface area contributed by atoms with Gasteiger partial charge in [-0.05, 0) is 48.9 Å². The number of thioether (sulfide) groups is 1. The van der Waals surface area contributed by atoms with E-state index >= 15 is 0 Å². The number of aromatic nitrogens is 3. The van der Waals surface area contributed by atoms with E-state index in [0.717, 1.165) is 36.7 Å². The van der Waals surface area contributed by atoms with Crippen LogP contribution in [0.15, 0.2) is 29.4 Å². The first kappa shape index (κ1) is 19.1. The van der Waals surface area contributed by atoms with Gasteiger partial charge in [-0.3, -0.25) is 4.79 Å². The number of methoxy groups -OCH3 is 1. The SMILES string of the molecule is COc1ccc(-c2nnc(SCC(=O)N3CC[C@@H]4CCCC[C@@H]4C3)n2N)cc1. The summed E-state index contributed by atoms with van der Waals surface area (Å²) in [6, 6.07) is 7.49. The Kier molecular flexibility index (Phi) is 5.75. The number of hydrogen-bond acceptors (Lipinski definition) is 6. The first-order valence-electron chi connectivity index (χ1n) is 9.91. The van der Waals surface area contributed by atoms with E-state index in [0.29, 0.717) is 22.7 Å². The lowest BCUT2D eigenvalue weighted by Gasteiger charge is -2.41. The number of likely N-dealkylation sites (tertiary alicyclic amines) is 1. The minimum atomic E-state index is 0.169. The Morgan fingerprint density at radius 3 is 2.68 bits per heavy atom. The quantitative estimate of drug-likeness (QED) is 0.612. The van der Waals surface area contributed by atoms with Gasteiger partial charge in [0.1, 0.15) is 5.75 Å². The highest BCUT2D eigenvalue weighted by molar-refractivity contribution is 7.99. The van der Waals surface area contributed by atoms with E-state index in [4.69, 9.17) is 10.6 Å². The van der Waals surface area contributed by atoms with Gasteiger partial charge in [-0.1, -0.05) is 31.0 Å². The second-order valence-electron chi connectivity index (χ2n) is 7.63. The molecule has 1 amide bonds. The highest BCUT2D eigenvalue weighted by atomic mass is 32.2. The average Bonchev–Trinajstić information content (AvgIpc) is 3.12. The van der Waals surface area contributed by atoms with Crippen LogP contribution >= 0.6 is 11.8 Å². The van der Waals surface area contributed by atoms with Gasteiger partial charge < -0.3 is 15.5 Å². The van der Waals surface area contributed by atoms with Crippen LogP contribution in [-0.4, -0.2) is 51.6 Å². The van der Waals surface area contributed by atoms with E-state index in [2.05, 4.69) is 10.2 Å². The van der Waals surface area contributed by atoms with Gasteiger partial charge in [0.2, 0.25) is 11.1 Å². The minimum Gasteiger partial charge on any atom is -0.497 e. The fraction of sp³-hybridized carbons (Fsp3) is 0.550. The van der Waals surface area contributed by atoms with Crippen molar-refractivity contribution in [3.8, 4) is 17.1 Å². The molecule has 1 aliphatic heterocycles. The lowest BCUT2D eigenvalue weighted by Crippen LogP contribution is -2.45. The van der Waals surface area contributed by atoms with Gasteiger partial charge in [0.25, 0.3) is 0 Å². The lowest BCUT2D eigenvalue weighted by atomic mass is 9.75. The first-order valence-corrected chi connectivity index (χ1v) is 10.9. The van der Waals surface area contributed by atoms with Crippen LogP contribution < -0.4 is 10.6 Å². The molecule has 1 saturated heterocycles. The van der Waals surface area contributed by atoms with Crippen LogP contribution in [0.1, 0.15) is 32.1 Å². The van der Waals surface area contributed by atoms with Crippen molar-refractivity contribution in [3.63, 3.8) is 0 Å². The van der Waals surface area contributed by atoms with Crippen LogP contribution in [0.4, 0.5) is 0 Å².